The summed E-state index contributed by atoms with van der Waals surface area (Å²) in [4.78, 5) is 7.44. The standard InChI is InChI=1S/C99H105N3O2Si2/c1-94(2,3)64-30-32-69(33-31-64)99(70-42-52-73(53-43-70)100(71-44-34-65(35-45-71)95(4,5)6)72-46-36-66(37-47-72)96(7,8)9)82-63-85(102(75-50-40-68(41-51-75)98(13,14)15)77-56-60-79(61-57-77)106(19,20)21)92-89(81-27-23-25-29-87(81)103-92)90(82)91-83(99)62-84(88-80-26-22-24-28-86(80)104-93(88)91)101(74-48-38-67(39-49-74)97(10,11)12)76-54-58-78(59-55-76)105(16,17)18/h22-63H,1-21H3. The number of benzene rings is 12. The van der Waals surface area contributed by atoms with E-state index in [-0.39, 0.29) is 27.1 Å². The molecule has 0 bridgehead atoms. The Morgan fingerprint density at radius 3 is 0.906 bits per heavy atom. The first-order valence-electron chi connectivity index (χ1n) is 38.2. The molecule has 0 amide bonds. The van der Waals surface area contributed by atoms with E-state index in [0.29, 0.717) is 0 Å². The molecule has 0 N–H and O–H groups in total. The van der Waals surface area contributed by atoms with Gasteiger partial charge in [-0.1, -0.05) is 299 Å². The average molecular weight is 1430 g/mol. The molecule has 14 aromatic rings. The van der Waals surface area contributed by atoms with Crippen LogP contribution in [0.15, 0.2) is 264 Å². The van der Waals surface area contributed by atoms with Crippen LogP contribution in [-0.4, -0.2) is 16.1 Å². The zero-order valence-corrected chi connectivity index (χ0v) is 68.4. The number of furan rings is 2. The highest BCUT2D eigenvalue weighted by Crippen LogP contribution is 2.65. The highest BCUT2D eigenvalue weighted by molar-refractivity contribution is 6.89. The second-order valence-electron chi connectivity index (χ2n) is 37.2. The Hall–Kier alpha value is -9.93. The zero-order chi connectivity index (χ0) is 75.2. The van der Waals surface area contributed by atoms with Gasteiger partial charge in [0.05, 0.1) is 38.3 Å². The Morgan fingerprint density at radius 2 is 0.547 bits per heavy atom. The molecule has 12 aromatic carbocycles. The molecule has 1 atom stereocenters. The van der Waals surface area contributed by atoms with E-state index in [4.69, 9.17) is 8.83 Å². The van der Waals surface area contributed by atoms with Crippen LogP contribution in [0, 0.1) is 0 Å². The highest BCUT2D eigenvalue weighted by atomic mass is 28.3. The molecule has 0 aliphatic heterocycles. The van der Waals surface area contributed by atoms with Gasteiger partial charge in [0, 0.05) is 67.1 Å². The lowest BCUT2D eigenvalue weighted by Gasteiger charge is -2.37. The molecule has 0 fully saturated rings. The van der Waals surface area contributed by atoms with Crippen LogP contribution in [0.5, 0.6) is 0 Å². The molecule has 5 nitrogen and oxygen atoms in total. The van der Waals surface area contributed by atoms with Gasteiger partial charge >= 0.3 is 0 Å². The van der Waals surface area contributed by atoms with Crippen molar-refractivity contribution < 1.29 is 8.83 Å². The third kappa shape index (κ3) is 12.6. The van der Waals surface area contributed by atoms with Gasteiger partial charge in [-0.25, -0.2) is 0 Å². The molecular weight excluding hydrogens is 1320 g/mol. The first-order valence-corrected chi connectivity index (χ1v) is 45.2. The molecule has 2 heterocycles. The van der Waals surface area contributed by atoms with E-state index in [2.05, 4.69) is 413 Å². The van der Waals surface area contributed by atoms with E-state index in [0.717, 1.165) is 128 Å². The van der Waals surface area contributed by atoms with Crippen LogP contribution in [-0.2, 0) is 32.5 Å². The highest BCUT2D eigenvalue weighted by Gasteiger charge is 2.51. The molecule has 1 aliphatic rings. The first kappa shape index (κ1) is 71.7. The molecule has 0 radical (unpaired) electrons. The van der Waals surface area contributed by atoms with Crippen LogP contribution in [0.1, 0.15) is 154 Å². The van der Waals surface area contributed by atoms with Gasteiger partial charge in [-0.2, -0.15) is 0 Å². The van der Waals surface area contributed by atoms with Crippen molar-refractivity contribution in [3.05, 3.63) is 305 Å². The summed E-state index contributed by atoms with van der Waals surface area (Å²) in [6.45, 7) is 49.2. The third-order valence-corrected chi connectivity index (χ3v) is 26.6. The van der Waals surface area contributed by atoms with Gasteiger partial charge in [-0.05, 0) is 186 Å². The van der Waals surface area contributed by atoms with Gasteiger partial charge in [0.1, 0.15) is 16.7 Å². The number of rotatable bonds is 13. The van der Waals surface area contributed by atoms with Gasteiger partial charge < -0.3 is 23.5 Å². The minimum atomic E-state index is -1.74. The molecule has 2 aromatic heterocycles. The molecule has 7 heteroatoms. The van der Waals surface area contributed by atoms with Crippen LogP contribution in [0.3, 0.4) is 0 Å². The maximum Gasteiger partial charge on any atom is 0.160 e. The molecular formula is C99H105N3O2Si2. The summed E-state index contributed by atoms with van der Waals surface area (Å²) in [7, 11) is -3.47. The van der Waals surface area contributed by atoms with E-state index >= 15 is 0 Å². The number of hydrogen-bond acceptors (Lipinski definition) is 5. The number of anilines is 9. The topological polar surface area (TPSA) is 36.0 Å². The van der Waals surface area contributed by atoms with Crippen molar-refractivity contribution in [3.63, 3.8) is 0 Å². The summed E-state index contributed by atoms with van der Waals surface area (Å²) in [6.07, 6.45) is 0. The van der Waals surface area contributed by atoms with Crippen LogP contribution >= 0.6 is 0 Å². The molecule has 0 spiro atoms. The van der Waals surface area contributed by atoms with E-state index in [1.165, 1.54) is 38.2 Å². The quantitative estimate of drug-likeness (QED) is 0.108. The van der Waals surface area contributed by atoms with E-state index in [9.17, 15) is 0 Å². The summed E-state index contributed by atoms with van der Waals surface area (Å²) in [6, 6.07) is 97.9. The van der Waals surface area contributed by atoms with Crippen molar-refractivity contribution in [1.82, 2.24) is 0 Å². The zero-order valence-electron chi connectivity index (χ0n) is 66.4. The van der Waals surface area contributed by atoms with E-state index in [1.54, 1.807) is 0 Å². The fraction of sp³-hybridized carbons (Fsp3) is 0.273. The van der Waals surface area contributed by atoms with Gasteiger partial charge in [-0.15, -0.1) is 0 Å². The van der Waals surface area contributed by atoms with Gasteiger partial charge in [-0.3, -0.25) is 0 Å². The van der Waals surface area contributed by atoms with Crippen molar-refractivity contribution in [3.8, 4) is 11.1 Å². The summed E-state index contributed by atoms with van der Waals surface area (Å²) >= 11 is 0. The van der Waals surface area contributed by atoms with Crippen molar-refractivity contribution in [2.75, 3.05) is 14.7 Å². The number of fused-ring (bicyclic) bond motifs is 11. The maximum absolute atomic E-state index is 7.84. The van der Waals surface area contributed by atoms with Crippen molar-refractivity contribution in [1.29, 1.82) is 0 Å². The third-order valence-electron chi connectivity index (χ3n) is 22.5. The Bertz CT molecular complexity index is 5450. The lowest BCUT2D eigenvalue weighted by atomic mass is 9.67. The van der Waals surface area contributed by atoms with Crippen molar-refractivity contribution in [2.45, 2.75) is 176 Å². The largest absolute Gasteiger partial charge is 0.455 e. The normalized spacial score (nSPS) is 14.5. The van der Waals surface area contributed by atoms with E-state index in [1.807, 2.05) is 0 Å². The minimum Gasteiger partial charge on any atom is -0.455 e. The summed E-state index contributed by atoms with van der Waals surface area (Å²) in [5, 5.41) is 6.98. The van der Waals surface area contributed by atoms with E-state index < -0.39 is 21.6 Å². The van der Waals surface area contributed by atoms with Crippen LogP contribution in [0.25, 0.3) is 55.0 Å². The fourth-order valence-corrected chi connectivity index (χ4v) is 18.5. The van der Waals surface area contributed by atoms with Gasteiger partial charge in [0.25, 0.3) is 0 Å². The van der Waals surface area contributed by atoms with Crippen LogP contribution < -0.4 is 25.1 Å². The molecule has 0 saturated heterocycles. The van der Waals surface area contributed by atoms with Crippen LogP contribution in [0.2, 0.25) is 39.3 Å². The molecule has 1 aliphatic carbocycles. The predicted molar refractivity (Wildman–Crippen MR) is 462 cm³/mol. The molecule has 0 saturated carbocycles. The summed E-state index contributed by atoms with van der Waals surface area (Å²) < 4.78 is 15.5. The Balaban J connectivity index is 1.13. The Kier molecular flexibility index (Phi) is 17.4. The first-order chi connectivity index (χ1) is 50.0. The number of para-hydroxylation sites is 2. The smallest absolute Gasteiger partial charge is 0.160 e. The number of nitrogens with zero attached hydrogens (tertiary/aromatic N) is 3. The van der Waals surface area contributed by atoms with Crippen molar-refractivity contribution >= 4 is 122 Å². The monoisotopic (exact) mass is 1420 g/mol. The molecule has 15 rings (SSSR count). The Labute approximate surface area is 632 Å². The van der Waals surface area contributed by atoms with Crippen molar-refractivity contribution in [2.24, 2.45) is 0 Å². The summed E-state index contributed by atoms with van der Waals surface area (Å²) in [5.41, 5.74) is 24.4. The number of hydrogen-bond donors (Lipinski definition) is 0. The Morgan fingerprint density at radius 1 is 0.274 bits per heavy atom. The second-order valence-corrected chi connectivity index (χ2v) is 47.3. The minimum absolute atomic E-state index is 0.0208. The fourth-order valence-electron chi connectivity index (χ4n) is 16.2. The lowest BCUT2D eigenvalue weighted by Crippen LogP contribution is -2.37. The molecule has 106 heavy (non-hydrogen) atoms. The maximum atomic E-state index is 7.84. The second kappa shape index (κ2) is 25.7. The average Bonchev–Trinajstić information content (AvgIpc) is 1.50. The van der Waals surface area contributed by atoms with Gasteiger partial charge in [0.2, 0.25) is 0 Å². The summed E-state index contributed by atoms with van der Waals surface area (Å²) in [5.74, 6) is 0. The molecule has 1 unspecified atom stereocenters. The van der Waals surface area contributed by atoms with Gasteiger partial charge in [0.15, 0.2) is 5.58 Å². The lowest BCUT2D eigenvalue weighted by molar-refractivity contribution is 0.589. The SMILES string of the molecule is CC(C)(C)c1ccc(N(c2ccc(C(C)(C)C)cc2)c2ccc(C3(c4ccc(C(C)(C)C)cc4)c4cc(N(c5ccc(C(C)(C)C)cc5)c5ccc([Si](C)(C)C)cc5)c5c(oc6ccccc65)c4-c4c3cc(N(c3ccc(C(C)(C)C)cc3)c3ccc([Si](C)(C)C)cc3)c3oc5ccccc5c43)cc2)cc1. The predicted octanol–water partition coefficient (Wildman–Crippen LogP) is 27.8. The molecule has 536 valence electrons. The van der Waals surface area contributed by atoms with Crippen LogP contribution in [0.4, 0.5) is 51.2 Å².